The monoisotopic (exact) mass is 320 g/mol. The number of ether oxygens (including phenoxy) is 1. The molecule has 0 radical (unpaired) electrons. The molecule has 0 atom stereocenters. The fourth-order valence-electron chi connectivity index (χ4n) is 1.94. The molecule has 122 valence electrons. The summed E-state index contributed by atoms with van der Waals surface area (Å²) in [5.41, 5.74) is 2.75. The molecule has 0 unspecified atom stereocenters. The Hall–Kier alpha value is -2.63. The van der Waals surface area contributed by atoms with E-state index in [0.717, 1.165) is 28.9 Å². The van der Waals surface area contributed by atoms with Crippen LogP contribution in [0.4, 0.5) is 19.3 Å². The molecule has 0 aliphatic carbocycles. The van der Waals surface area contributed by atoms with E-state index >= 15 is 0 Å². The van der Waals surface area contributed by atoms with Crippen LogP contribution in [0, 0.1) is 25.5 Å². The van der Waals surface area contributed by atoms with Crippen LogP contribution in [-0.4, -0.2) is 19.2 Å². The van der Waals surface area contributed by atoms with Crippen molar-refractivity contribution in [2.24, 2.45) is 0 Å². The summed E-state index contributed by atoms with van der Waals surface area (Å²) in [6.07, 6.45) is 0. The van der Waals surface area contributed by atoms with Gasteiger partial charge in [-0.1, -0.05) is 12.1 Å². The minimum absolute atomic E-state index is 0.144. The van der Waals surface area contributed by atoms with Crippen molar-refractivity contribution >= 4 is 11.7 Å². The lowest BCUT2D eigenvalue weighted by atomic mass is 10.1. The largest absolute Gasteiger partial charge is 0.492 e. The maximum Gasteiger partial charge on any atom is 0.319 e. The maximum absolute atomic E-state index is 13.0. The number of benzene rings is 2. The normalized spacial score (nSPS) is 10.3. The number of hydrogen-bond acceptors (Lipinski definition) is 2. The molecule has 2 aromatic rings. The van der Waals surface area contributed by atoms with Crippen LogP contribution in [0.15, 0.2) is 36.4 Å². The Morgan fingerprint density at radius 3 is 2.61 bits per heavy atom. The van der Waals surface area contributed by atoms with E-state index in [4.69, 9.17) is 4.74 Å². The molecule has 2 amide bonds. The molecule has 0 aliphatic heterocycles. The smallest absolute Gasteiger partial charge is 0.319 e. The molecule has 0 bridgehead atoms. The van der Waals surface area contributed by atoms with Crippen LogP contribution in [0.5, 0.6) is 5.75 Å². The number of hydrogen-bond donors (Lipinski definition) is 2. The van der Waals surface area contributed by atoms with Gasteiger partial charge in [-0.15, -0.1) is 0 Å². The molecule has 4 nitrogen and oxygen atoms in total. The van der Waals surface area contributed by atoms with Gasteiger partial charge in [-0.3, -0.25) is 0 Å². The summed E-state index contributed by atoms with van der Waals surface area (Å²) >= 11 is 0. The second kappa shape index (κ2) is 7.58. The molecule has 0 saturated carbocycles. The van der Waals surface area contributed by atoms with Gasteiger partial charge in [0.2, 0.25) is 0 Å². The first-order chi connectivity index (χ1) is 11.0. The van der Waals surface area contributed by atoms with Crippen LogP contribution < -0.4 is 15.4 Å². The van der Waals surface area contributed by atoms with Gasteiger partial charge in [0, 0.05) is 11.8 Å². The summed E-state index contributed by atoms with van der Waals surface area (Å²) in [7, 11) is 0. The van der Waals surface area contributed by atoms with Gasteiger partial charge in [0.25, 0.3) is 0 Å². The van der Waals surface area contributed by atoms with Crippen LogP contribution >= 0.6 is 0 Å². The summed E-state index contributed by atoms with van der Waals surface area (Å²) in [6, 6.07) is 8.70. The van der Waals surface area contributed by atoms with Crippen molar-refractivity contribution in [1.82, 2.24) is 5.32 Å². The topological polar surface area (TPSA) is 50.4 Å². The SMILES string of the molecule is Cc1ccc(C)c(NC(=O)NCCOc2ccc(F)c(F)c2)c1. The van der Waals surface area contributed by atoms with E-state index in [1.807, 2.05) is 32.0 Å². The van der Waals surface area contributed by atoms with Crippen molar-refractivity contribution < 1.29 is 18.3 Å². The number of rotatable bonds is 5. The minimum atomic E-state index is -0.969. The third kappa shape index (κ3) is 4.95. The number of urea groups is 1. The van der Waals surface area contributed by atoms with Gasteiger partial charge in [0.1, 0.15) is 12.4 Å². The highest BCUT2D eigenvalue weighted by Crippen LogP contribution is 2.16. The van der Waals surface area contributed by atoms with Crippen LogP contribution in [-0.2, 0) is 0 Å². The lowest BCUT2D eigenvalue weighted by Gasteiger charge is -2.11. The van der Waals surface area contributed by atoms with Gasteiger partial charge < -0.3 is 15.4 Å². The molecule has 0 fully saturated rings. The van der Waals surface area contributed by atoms with Crippen molar-refractivity contribution in [2.45, 2.75) is 13.8 Å². The number of anilines is 1. The Bertz CT molecular complexity index is 705. The lowest BCUT2D eigenvalue weighted by molar-refractivity contribution is 0.247. The van der Waals surface area contributed by atoms with E-state index in [1.54, 1.807) is 0 Å². The molecule has 0 aromatic heterocycles. The van der Waals surface area contributed by atoms with Gasteiger partial charge in [0.05, 0.1) is 6.54 Å². The number of carbonyl (C=O) groups excluding carboxylic acids is 1. The van der Waals surface area contributed by atoms with E-state index in [1.165, 1.54) is 6.07 Å². The Kier molecular flexibility index (Phi) is 5.51. The van der Waals surface area contributed by atoms with Crippen molar-refractivity contribution in [3.8, 4) is 5.75 Å². The molecule has 0 saturated heterocycles. The summed E-state index contributed by atoms with van der Waals surface area (Å²) in [6.45, 7) is 4.22. The Morgan fingerprint density at radius 1 is 1.09 bits per heavy atom. The molecule has 2 rings (SSSR count). The Balaban J connectivity index is 1.76. The minimum Gasteiger partial charge on any atom is -0.492 e. The van der Waals surface area contributed by atoms with Gasteiger partial charge in [-0.2, -0.15) is 0 Å². The molecule has 6 heteroatoms. The van der Waals surface area contributed by atoms with Gasteiger partial charge >= 0.3 is 6.03 Å². The van der Waals surface area contributed by atoms with Gasteiger partial charge in [0.15, 0.2) is 11.6 Å². The molecular weight excluding hydrogens is 302 g/mol. The quantitative estimate of drug-likeness (QED) is 0.824. The summed E-state index contributed by atoms with van der Waals surface area (Å²) in [4.78, 5) is 11.8. The lowest BCUT2D eigenvalue weighted by Crippen LogP contribution is -2.32. The molecule has 0 spiro atoms. The van der Waals surface area contributed by atoms with Crippen molar-refractivity contribution in [3.05, 3.63) is 59.2 Å². The van der Waals surface area contributed by atoms with Crippen LogP contribution in [0.25, 0.3) is 0 Å². The Morgan fingerprint density at radius 2 is 1.87 bits per heavy atom. The summed E-state index contributed by atoms with van der Waals surface area (Å²) < 4.78 is 31.0. The number of nitrogens with one attached hydrogen (secondary N) is 2. The van der Waals surface area contributed by atoms with Crippen molar-refractivity contribution in [1.29, 1.82) is 0 Å². The highest BCUT2D eigenvalue weighted by atomic mass is 19.2. The molecule has 0 aliphatic rings. The number of halogens is 2. The molecule has 23 heavy (non-hydrogen) atoms. The fourth-order valence-corrected chi connectivity index (χ4v) is 1.94. The predicted octanol–water partition coefficient (Wildman–Crippen LogP) is 3.78. The highest BCUT2D eigenvalue weighted by molar-refractivity contribution is 5.90. The van der Waals surface area contributed by atoms with Crippen LogP contribution in [0.1, 0.15) is 11.1 Å². The average molecular weight is 320 g/mol. The van der Waals surface area contributed by atoms with E-state index < -0.39 is 11.6 Å². The first kappa shape index (κ1) is 16.7. The first-order valence-corrected chi connectivity index (χ1v) is 7.15. The van der Waals surface area contributed by atoms with E-state index in [2.05, 4.69) is 10.6 Å². The van der Waals surface area contributed by atoms with Gasteiger partial charge in [-0.05, 0) is 43.2 Å². The predicted molar refractivity (Wildman–Crippen MR) is 84.8 cm³/mol. The van der Waals surface area contributed by atoms with Crippen molar-refractivity contribution in [3.63, 3.8) is 0 Å². The standard InChI is InChI=1S/C17H18F2N2O2/c1-11-3-4-12(2)16(9-11)21-17(22)20-7-8-23-13-5-6-14(18)15(19)10-13/h3-6,9-10H,7-8H2,1-2H3,(H2,20,21,22). The highest BCUT2D eigenvalue weighted by Gasteiger charge is 2.05. The second-order valence-corrected chi connectivity index (χ2v) is 5.12. The second-order valence-electron chi connectivity index (χ2n) is 5.12. The zero-order valence-electron chi connectivity index (χ0n) is 13.0. The Labute approximate surface area is 133 Å². The number of amides is 2. The van der Waals surface area contributed by atoms with E-state index in [-0.39, 0.29) is 24.9 Å². The maximum atomic E-state index is 13.0. The van der Waals surface area contributed by atoms with E-state index in [0.29, 0.717) is 0 Å². The molecule has 2 N–H and O–H groups in total. The third-order valence-electron chi connectivity index (χ3n) is 3.19. The van der Waals surface area contributed by atoms with Gasteiger partial charge in [-0.25, -0.2) is 13.6 Å². The third-order valence-corrected chi connectivity index (χ3v) is 3.19. The van der Waals surface area contributed by atoms with E-state index in [9.17, 15) is 13.6 Å². The van der Waals surface area contributed by atoms with Crippen molar-refractivity contribution in [2.75, 3.05) is 18.5 Å². The number of carbonyl (C=O) groups is 1. The summed E-state index contributed by atoms with van der Waals surface area (Å²) in [5.74, 6) is -1.69. The molecular formula is C17H18F2N2O2. The fraction of sp³-hybridized carbons (Fsp3) is 0.235. The average Bonchev–Trinajstić information content (AvgIpc) is 2.51. The summed E-state index contributed by atoms with van der Waals surface area (Å²) in [5, 5.41) is 5.38. The number of aryl methyl sites for hydroxylation is 2. The van der Waals surface area contributed by atoms with Crippen LogP contribution in [0.2, 0.25) is 0 Å². The first-order valence-electron chi connectivity index (χ1n) is 7.15. The zero-order valence-corrected chi connectivity index (χ0v) is 13.0. The molecule has 2 aromatic carbocycles. The zero-order chi connectivity index (χ0) is 16.8. The van der Waals surface area contributed by atoms with Crippen LogP contribution in [0.3, 0.4) is 0 Å². The molecule has 0 heterocycles.